The summed E-state index contributed by atoms with van der Waals surface area (Å²) in [6.07, 6.45) is -0.502. The van der Waals surface area contributed by atoms with E-state index in [-0.39, 0.29) is 5.60 Å². The average molecular weight is 276 g/mol. The summed E-state index contributed by atoms with van der Waals surface area (Å²) in [7, 11) is 1.96. The monoisotopic (exact) mass is 276 g/mol. The molecule has 0 bridgehead atoms. The Balaban J connectivity index is 2.38. The minimum absolute atomic E-state index is 0.229. The number of nitriles is 1. The molecule has 0 amide bonds. The number of hydrogen-bond acceptors (Lipinski definition) is 4. The Bertz CT molecular complexity index is 443. The topological polar surface area (TPSA) is 56.5 Å². The van der Waals surface area contributed by atoms with Gasteiger partial charge in [0.15, 0.2) is 0 Å². The molecule has 0 saturated heterocycles. The molecule has 1 aromatic rings. The number of aliphatic hydroxyl groups excluding tert-OH is 1. The van der Waals surface area contributed by atoms with Gasteiger partial charge < -0.3 is 9.84 Å². The van der Waals surface area contributed by atoms with Crippen molar-refractivity contribution in [3.63, 3.8) is 0 Å². The molecule has 0 aromatic heterocycles. The van der Waals surface area contributed by atoms with Crippen LogP contribution < -0.4 is 0 Å². The summed E-state index contributed by atoms with van der Waals surface area (Å²) in [5, 5.41) is 18.7. The normalized spacial score (nSPS) is 13.2. The molecule has 110 valence electrons. The van der Waals surface area contributed by atoms with Gasteiger partial charge in [0.05, 0.1) is 29.9 Å². The van der Waals surface area contributed by atoms with Gasteiger partial charge in [0.1, 0.15) is 0 Å². The highest BCUT2D eigenvalue weighted by molar-refractivity contribution is 5.31. The molecule has 1 unspecified atom stereocenters. The Morgan fingerprint density at radius 3 is 2.40 bits per heavy atom. The summed E-state index contributed by atoms with van der Waals surface area (Å²) < 4.78 is 5.56. The summed E-state index contributed by atoms with van der Waals surface area (Å²) in [5.41, 5.74) is 1.55. The zero-order chi connectivity index (χ0) is 15.2. The summed E-state index contributed by atoms with van der Waals surface area (Å²) in [5.74, 6) is 0. The van der Waals surface area contributed by atoms with Crippen molar-refractivity contribution in [3.8, 4) is 6.07 Å². The zero-order valence-corrected chi connectivity index (χ0v) is 12.8. The highest BCUT2D eigenvalue weighted by atomic mass is 16.5. The average Bonchev–Trinajstić information content (AvgIpc) is 2.36. The van der Waals surface area contributed by atoms with Crippen molar-refractivity contribution in [1.29, 1.82) is 5.26 Å². The molecule has 0 fully saturated rings. The van der Waals surface area contributed by atoms with Gasteiger partial charge in [0.25, 0.3) is 0 Å². The number of rotatable bonds is 6. The lowest BCUT2D eigenvalue weighted by Crippen LogP contribution is -2.34. The second kappa shape index (κ2) is 7.39. The maximum Gasteiger partial charge on any atom is 0.0991 e. The summed E-state index contributed by atoms with van der Waals surface area (Å²) in [6.45, 7) is 7.54. The fourth-order valence-electron chi connectivity index (χ4n) is 1.82. The molecular formula is C16H24N2O2. The van der Waals surface area contributed by atoms with Crippen molar-refractivity contribution in [2.75, 3.05) is 20.2 Å². The van der Waals surface area contributed by atoms with E-state index in [0.29, 0.717) is 18.7 Å². The maximum absolute atomic E-state index is 9.93. The molecule has 1 atom stereocenters. The van der Waals surface area contributed by atoms with E-state index in [4.69, 9.17) is 10.00 Å². The Kier molecular flexibility index (Phi) is 6.15. The molecule has 0 aliphatic carbocycles. The molecule has 4 heteroatoms. The van der Waals surface area contributed by atoms with Gasteiger partial charge >= 0.3 is 0 Å². The van der Waals surface area contributed by atoms with E-state index in [1.807, 2.05) is 57.0 Å². The Labute approximate surface area is 121 Å². The van der Waals surface area contributed by atoms with E-state index in [0.717, 1.165) is 12.1 Å². The van der Waals surface area contributed by atoms with E-state index in [9.17, 15) is 5.11 Å². The van der Waals surface area contributed by atoms with Crippen LogP contribution in [0.4, 0.5) is 0 Å². The van der Waals surface area contributed by atoms with Crippen LogP contribution in [0.1, 0.15) is 31.9 Å². The summed E-state index contributed by atoms with van der Waals surface area (Å²) in [6, 6.07) is 9.59. The minimum Gasteiger partial charge on any atom is -0.389 e. The van der Waals surface area contributed by atoms with Crippen LogP contribution in [-0.4, -0.2) is 41.9 Å². The number of aliphatic hydroxyl groups is 1. The summed E-state index contributed by atoms with van der Waals surface area (Å²) >= 11 is 0. The Morgan fingerprint density at radius 2 is 1.90 bits per heavy atom. The molecule has 0 spiro atoms. The smallest absolute Gasteiger partial charge is 0.0991 e. The van der Waals surface area contributed by atoms with Crippen LogP contribution in [-0.2, 0) is 11.3 Å². The Hall–Kier alpha value is -1.41. The van der Waals surface area contributed by atoms with Gasteiger partial charge in [-0.3, -0.25) is 4.90 Å². The SMILES string of the molecule is CN(Cc1ccc(C#N)cc1)CC(O)COC(C)(C)C. The third-order valence-corrected chi connectivity index (χ3v) is 2.77. The lowest BCUT2D eigenvalue weighted by atomic mass is 10.1. The second-order valence-corrected chi connectivity index (χ2v) is 6.08. The predicted molar refractivity (Wildman–Crippen MR) is 79.2 cm³/mol. The van der Waals surface area contributed by atoms with Gasteiger partial charge in [-0.2, -0.15) is 5.26 Å². The molecule has 0 radical (unpaired) electrons. The van der Waals surface area contributed by atoms with Crippen LogP contribution in [0, 0.1) is 11.3 Å². The van der Waals surface area contributed by atoms with Crippen LogP contribution in [0.2, 0.25) is 0 Å². The molecule has 0 saturated carbocycles. The summed E-state index contributed by atoms with van der Waals surface area (Å²) in [4.78, 5) is 2.04. The number of benzene rings is 1. The van der Waals surface area contributed by atoms with Crippen LogP contribution in [0.15, 0.2) is 24.3 Å². The molecule has 4 nitrogen and oxygen atoms in total. The number of nitrogens with zero attached hydrogens (tertiary/aromatic N) is 2. The molecule has 0 aliphatic rings. The van der Waals surface area contributed by atoms with Crippen molar-refractivity contribution in [1.82, 2.24) is 4.90 Å². The molecular weight excluding hydrogens is 252 g/mol. The van der Waals surface area contributed by atoms with Gasteiger partial charge in [-0.1, -0.05) is 12.1 Å². The van der Waals surface area contributed by atoms with Crippen molar-refractivity contribution in [2.45, 2.75) is 39.0 Å². The first-order valence-corrected chi connectivity index (χ1v) is 6.80. The van der Waals surface area contributed by atoms with Crippen molar-refractivity contribution in [2.24, 2.45) is 0 Å². The Morgan fingerprint density at radius 1 is 1.30 bits per heavy atom. The van der Waals surface area contributed by atoms with E-state index in [1.54, 1.807) is 0 Å². The van der Waals surface area contributed by atoms with Crippen LogP contribution in [0.3, 0.4) is 0 Å². The largest absolute Gasteiger partial charge is 0.389 e. The number of hydrogen-bond donors (Lipinski definition) is 1. The fourth-order valence-corrected chi connectivity index (χ4v) is 1.82. The third kappa shape index (κ3) is 6.67. The van der Waals surface area contributed by atoms with E-state index in [2.05, 4.69) is 6.07 Å². The highest BCUT2D eigenvalue weighted by Crippen LogP contribution is 2.09. The van der Waals surface area contributed by atoms with Crippen molar-refractivity contribution < 1.29 is 9.84 Å². The highest BCUT2D eigenvalue weighted by Gasteiger charge is 2.15. The minimum atomic E-state index is -0.502. The van der Waals surface area contributed by atoms with Crippen LogP contribution in [0.25, 0.3) is 0 Å². The van der Waals surface area contributed by atoms with E-state index >= 15 is 0 Å². The van der Waals surface area contributed by atoms with Gasteiger partial charge in [0.2, 0.25) is 0 Å². The van der Waals surface area contributed by atoms with Gasteiger partial charge in [-0.05, 0) is 45.5 Å². The van der Waals surface area contributed by atoms with Crippen molar-refractivity contribution >= 4 is 0 Å². The quantitative estimate of drug-likeness (QED) is 0.865. The first kappa shape index (κ1) is 16.6. The van der Waals surface area contributed by atoms with Crippen LogP contribution in [0.5, 0.6) is 0 Å². The number of ether oxygens (including phenoxy) is 1. The number of likely N-dealkylation sites (N-methyl/N-ethyl adjacent to an activating group) is 1. The molecule has 1 N–H and O–H groups in total. The van der Waals surface area contributed by atoms with Gasteiger partial charge in [-0.15, -0.1) is 0 Å². The second-order valence-electron chi connectivity index (χ2n) is 6.08. The van der Waals surface area contributed by atoms with E-state index < -0.39 is 6.10 Å². The molecule has 0 aliphatic heterocycles. The van der Waals surface area contributed by atoms with Gasteiger partial charge in [-0.25, -0.2) is 0 Å². The third-order valence-electron chi connectivity index (χ3n) is 2.77. The standard InChI is InChI=1S/C16H24N2O2/c1-16(2,3)20-12-15(19)11-18(4)10-14-7-5-13(9-17)6-8-14/h5-8,15,19H,10-12H2,1-4H3. The van der Waals surface area contributed by atoms with E-state index in [1.165, 1.54) is 0 Å². The fraction of sp³-hybridized carbons (Fsp3) is 0.562. The first-order valence-electron chi connectivity index (χ1n) is 6.80. The molecule has 0 heterocycles. The van der Waals surface area contributed by atoms with Crippen LogP contribution >= 0.6 is 0 Å². The predicted octanol–water partition coefficient (Wildman–Crippen LogP) is 2.17. The zero-order valence-electron chi connectivity index (χ0n) is 12.8. The maximum atomic E-state index is 9.93. The molecule has 1 aromatic carbocycles. The van der Waals surface area contributed by atoms with Crippen molar-refractivity contribution in [3.05, 3.63) is 35.4 Å². The van der Waals surface area contributed by atoms with Gasteiger partial charge in [0, 0.05) is 13.1 Å². The lowest BCUT2D eigenvalue weighted by Gasteiger charge is -2.25. The molecule has 1 rings (SSSR count). The molecule has 20 heavy (non-hydrogen) atoms. The first-order chi connectivity index (χ1) is 9.30. The lowest BCUT2D eigenvalue weighted by molar-refractivity contribution is -0.0550.